The summed E-state index contributed by atoms with van der Waals surface area (Å²) in [5.41, 5.74) is 0. The Morgan fingerprint density at radius 1 is 1.29 bits per heavy atom. The van der Waals surface area contributed by atoms with E-state index in [-0.39, 0.29) is 19.1 Å². The van der Waals surface area contributed by atoms with Crippen molar-refractivity contribution in [3.05, 3.63) is 52.4 Å². The van der Waals surface area contributed by atoms with Crippen molar-refractivity contribution < 1.29 is 18.7 Å². The first-order valence-corrected chi connectivity index (χ1v) is 7.88. The van der Waals surface area contributed by atoms with Crippen LogP contribution in [0.4, 0.5) is 0 Å². The molecule has 0 aliphatic carbocycles. The van der Waals surface area contributed by atoms with Crippen molar-refractivity contribution in [1.82, 2.24) is 10.6 Å². The summed E-state index contributed by atoms with van der Waals surface area (Å²) in [7, 11) is 0. The number of carbonyl (C=O) groups is 2. The molecule has 0 saturated heterocycles. The highest BCUT2D eigenvalue weighted by molar-refractivity contribution is 6.35. The quantitative estimate of drug-likeness (QED) is 0.784. The third-order valence-electron chi connectivity index (χ3n) is 3.04. The summed E-state index contributed by atoms with van der Waals surface area (Å²) in [6.45, 7) is 1.56. The van der Waals surface area contributed by atoms with Gasteiger partial charge >= 0.3 is 0 Å². The molecule has 0 radical (unpaired) electrons. The fourth-order valence-electron chi connectivity index (χ4n) is 1.82. The van der Waals surface area contributed by atoms with Crippen molar-refractivity contribution in [2.75, 3.05) is 6.61 Å². The number of hydrogen-bond donors (Lipinski definition) is 2. The highest BCUT2D eigenvalue weighted by Crippen LogP contribution is 2.27. The van der Waals surface area contributed by atoms with Crippen LogP contribution in [0.1, 0.15) is 12.7 Å². The average molecular weight is 371 g/mol. The molecule has 2 amide bonds. The Hall–Kier alpha value is -2.18. The molecule has 0 unspecified atom stereocenters. The van der Waals surface area contributed by atoms with Crippen LogP contribution in [0.2, 0.25) is 10.0 Å². The summed E-state index contributed by atoms with van der Waals surface area (Å²) >= 11 is 11.7. The van der Waals surface area contributed by atoms with E-state index in [0.717, 1.165) is 0 Å². The number of ether oxygens (including phenoxy) is 1. The standard InChI is InChI=1S/C16H16Cl2N2O4/c1-10(16(22)19-8-12-3-2-6-23-12)20-15(21)9-24-14-5-4-11(17)7-13(14)18/h2-7,10H,8-9H2,1H3,(H,19,22)(H,20,21)/t10-/m0/s1. The zero-order valence-corrected chi connectivity index (χ0v) is 14.4. The molecule has 24 heavy (non-hydrogen) atoms. The fraction of sp³-hybridized carbons (Fsp3) is 0.250. The van der Waals surface area contributed by atoms with Gasteiger partial charge in [-0.15, -0.1) is 0 Å². The number of nitrogens with one attached hydrogen (secondary N) is 2. The third-order valence-corrected chi connectivity index (χ3v) is 3.57. The molecule has 1 aromatic carbocycles. The first-order valence-electron chi connectivity index (χ1n) is 7.13. The number of amides is 2. The van der Waals surface area contributed by atoms with E-state index in [1.807, 2.05) is 0 Å². The van der Waals surface area contributed by atoms with Crippen LogP contribution in [0.5, 0.6) is 5.75 Å². The second kappa shape index (κ2) is 8.61. The van der Waals surface area contributed by atoms with Crippen molar-refractivity contribution >= 4 is 35.0 Å². The lowest BCUT2D eigenvalue weighted by Crippen LogP contribution is -2.46. The predicted octanol–water partition coefficient (Wildman–Crippen LogP) is 2.79. The maximum absolute atomic E-state index is 11.9. The molecule has 1 atom stereocenters. The molecule has 6 nitrogen and oxygen atoms in total. The Kier molecular flexibility index (Phi) is 6.52. The monoisotopic (exact) mass is 370 g/mol. The van der Waals surface area contributed by atoms with E-state index in [9.17, 15) is 9.59 Å². The van der Waals surface area contributed by atoms with Crippen LogP contribution in [0, 0.1) is 0 Å². The van der Waals surface area contributed by atoms with Crippen molar-refractivity contribution in [1.29, 1.82) is 0 Å². The molecule has 2 rings (SSSR count). The number of carbonyl (C=O) groups excluding carboxylic acids is 2. The SMILES string of the molecule is C[C@H](NC(=O)COc1ccc(Cl)cc1Cl)C(=O)NCc1ccco1. The van der Waals surface area contributed by atoms with Gasteiger partial charge in [0.25, 0.3) is 5.91 Å². The highest BCUT2D eigenvalue weighted by Gasteiger charge is 2.16. The molecule has 2 aromatic rings. The number of rotatable bonds is 7. The lowest BCUT2D eigenvalue weighted by molar-refractivity contribution is -0.129. The van der Waals surface area contributed by atoms with Crippen molar-refractivity contribution in [3.8, 4) is 5.75 Å². The van der Waals surface area contributed by atoms with Gasteiger partial charge in [-0.05, 0) is 37.3 Å². The topological polar surface area (TPSA) is 80.6 Å². The van der Waals surface area contributed by atoms with E-state index < -0.39 is 11.9 Å². The molecule has 0 saturated carbocycles. The zero-order chi connectivity index (χ0) is 17.5. The minimum atomic E-state index is -0.711. The molecule has 0 aliphatic rings. The molecule has 128 valence electrons. The lowest BCUT2D eigenvalue weighted by Gasteiger charge is -2.14. The molecule has 0 spiro atoms. The van der Waals surface area contributed by atoms with E-state index in [0.29, 0.717) is 21.6 Å². The number of furan rings is 1. The van der Waals surface area contributed by atoms with E-state index in [1.165, 1.54) is 12.3 Å². The second-order valence-corrected chi connectivity index (χ2v) is 5.79. The maximum Gasteiger partial charge on any atom is 0.258 e. The predicted molar refractivity (Wildman–Crippen MR) is 90.1 cm³/mol. The molecule has 0 bridgehead atoms. The fourth-order valence-corrected chi connectivity index (χ4v) is 2.29. The Labute approximate surface area is 149 Å². The molecular weight excluding hydrogens is 355 g/mol. The normalized spacial score (nSPS) is 11.6. The van der Waals surface area contributed by atoms with Gasteiger partial charge in [0, 0.05) is 5.02 Å². The van der Waals surface area contributed by atoms with Crippen LogP contribution in [-0.2, 0) is 16.1 Å². The van der Waals surface area contributed by atoms with Gasteiger partial charge in [-0.3, -0.25) is 9.59 Å². The van der Waals surface area contributed by atoms with Gasteiger partial charge in [0.15, 0.2) is 6.61 Å². The van der Waals surface area contributed by atoms with Gasteiger partial charge in [0.1, 0.15) is 17.6 Å². The van der Waals surface area contributed by atoms with Crippen molar-refractivity contribution in [2.24, 2.45) is 0 Å². The molecule has 0 aliphatic heterocycles. The third kappa shape index (κ3) is 5.47. The van der Waals surface area contributed by atoms with Gasteiger partial charge in [0.05, 0.1) is 17.8 Å². The Morgan fingerprint density at radius 2 is 2.08 bits per heavy atom. The van der Waals surface area contributed by atoms with Crippen LogP contribution in [0.3, 0.4) is 0 Å². The first-order chi connectivity index (χ1) is 11.5. The first kappa shape index (κ1) is 18.2. The Morgan fingerprint density at radius 3 is 2.75 bits per heavy atom. The molecule has 1 heterocycles. The van der Waals surface area contributed by atoms with Crippen LogP contribution in [0.25, 0.3) is 0 Å². The van der Waals surface area contributed by atoms with Gasteiger partial charge in [-0.2, -0.15) is 0 Å². The van der Waals surface area contributed by atoms with Crippen LogP contribution >= 0.6 is 23.2 Å². The van der Waals surface area contributed by atoms with Gasteiger partial charge in [0.2, 0.25) is 5.91 Å². The van der Waals surface area contributed by atoms with Crippen LogP contribution in [-0.4, -0.2) is 24.5 Å². The van der Waals surface area contributed by atoms with Crippen LogP contribution < -0.4 is 15.4 Å². The largest absolute Gasteiger partial charge is 0.482 e. The summed E-state index contributed by atoms with van der Waals surface area (Å²) in [5.74, 6) is 0.194. The minimum Gasteiger partial charge on any atom is -0.482 e. The van der Waals surface area contributed by atoms with Gasteiger partial charge in [-0.1, -0.05) is 23.2 Å². The summed E-state index contributed by atoms with van der Waals surface area (Å²) in [6, 6.07) is 7.44. The smallest absolute Gasteiger partial charge is 0.258 e. The van der Waals surface area contributed by atoms with E-state index in [1.54, 1.807) is 31.2 Å². The van der Waals surface area contributed by atoms with E-state index in [2.05, 4.69) is 10.6 Å². The molecule has 8 heteroatoms. The number of benzene rings is 1. The average Bonchev–Trinajstić information content (AvgIpc) is 3.05. The minimum absolute atomic E-state index is 0.253. The second-order valence-electron chi connectivity index (χ2n) is 4.95. The maximum atomic E-state index is 11.9. The molecule has 2 N–H and O–H groups in total. The van der Waals surface area contributed by atoms with Crippen LogP contribution in [0.15, 0.2) is 41.0 Å². The number of hydrogen-bond acceptors (Lipinski definition) is 4. The summed E-state index contributed by atoms with van der Waals surface area (Å²) in [4.78, 5) is 23.7. The molecule has 0 fully saturated rings. The molecular formula is C16H16Cl2N2O4. The van der Waals surface area contributed by atoms with Crippen molar-refractivity contribution in [2.45, 2.75) is 19.5 Å². The highest BCUT2D eigenvalue weighted by atomic mass is 35.5. The lowest BCUT2D eigenvalue weighted by atomic mass is 10.3. The Balaban J connectivity index is 1.75. The Bertz CT molecular complexity index is 704. The van der Waals surface area contributed by atoms with E-state index >= 15 is 0 Å². The summed E-state index contributed by atoms with van der Waals surface area (Å²) < 4.78 is 10.4. The van der Waals surface area contributed by atoms with E-state index in [4.69, 9.17) is 32.4 Å². The molecule has 1 aromatic heterocycles. The summed E-state index contributed by atoms with van der Waals surface area (Å²) in [6.07, 6.45) is 1.52. The van der Waals surface area contributed by atoms with Crippen molar-refractivity contribution in [3.63, 3.8) is 0 Å². The zero-order valence-electron chi connectivity index (χ0n) is 12.8. The number of halogens is 2. The van der Waals surface area contributed by atoms with Gasteiger partial charge in [-0.25, -0.2) is 0 Å². The van der Waals surface area contributed by atoms with Gasteiger partial charge < -0.3 is 19.8 Å². The summed E-state index contributed by atoms with van der Waals surface area (Å²) in [5, 5.41) is 5.97.